The van der Waals surface area contributed by atoms with E-state index in [9.17, 15) is 18.0 Å². The molecule has 1 aromatic rings. The number of benzene rings is 1. The number of aliphatic imine (C=N–C) groups is 1. The first kappa shape index (κ1) is 20.6. The van der Waals surface area contributed by atoms with Gasteiger partial charge >= 0.3 is 12.3 Å². The van der Waals surface area contributed by atoms with E-state index in [4.69, 9.17) is 15.2 Å². The number of epoxide rings is 1. The molecule has 1 aromatic carbocycles. The maximum atomic E-state index is 12.7. The van der Waals surface area contributed by atoms with Crippen LogP contribution < -0.4 is 11.1 Å². The third kappa shape index (κ3) is 4.64. The van der Waals surface area contributed by atoms with E-state index in [1.807, 2.05) is 13.8 Å². The summed E-state index contributed by atoms with van der Waals surface area (Å²) in [5, 5.41) is 2.66. The molecule has 1 saturated carbocycles. The Morgan fingerprint density at radius 3 is 2.57 bits per heavy atom. The van der Waals surface area contributed by atoms with Crippen molar-refractivity contribution in [1.29, 1.82) is 0 Å². The molecule has 9 heteroatoms. The molecular weight excluding hydrogens is 375 g/mol. The first-order valence-electron chi connectivity index (χ1n) is 9.18. The number of nitrogens with one attached hydrogen (secondary N) is 1. The Kier molecular flexibility index (Phi) is 5.67. The average Bonchev–Trinajstić information content (AvgIpc) is 3.37. The van der Waals surface area contributed by atoms with Crippen molar-refractivity contribution < 1.29 is 27.4 Å². The van der Waals surface area contributed by atoms with Crippen LogP contribution >= 0.6 is 0 Å². The molecule has 1 saturated heterocycles. The van der Waals surface area contributed by atoms with E-state index in [0.29, 0.717) is 30.7 Å². The second-order valence-electron chi connectivity index (χ2n) is 7.49. The van der Waals surface area contributed by atoms with Crippen LogP contribution in [-0.2, 0) is 22.2 Å². The SMILES string of the molecule is CC(C)NC(=O)OC1CCC2(CO2)C(=NCc2ccc(C(F)(F)F)cc2)C1N. The molecule has 1 heterocycles. The van der Waals surface area contributed by atoms with E-state index < -0.39 is 35.6 Å². The number of hydrogen-bond donors (Lipinski definition) is 2. The van der Waals surface area contributed by atoms with Gasteiger partial charge in [0, 0.05) is 6.04 Å². The number of rotatable bonds is 4. The van der Waals surface area contributed by atoms with Gasteiger partial charge in [0.25, 0.3) is 0 Å². The van der Waals surface area contributed by atoms with Crippen molar-refractivity contribution in [2.45, 2.75) is 63.2 Å². The van der Waals surface area contributed by atoms with E-state index in [1.165, 1.54) is 12.1 Å². The predicted octanol–water partition coefficient (Wildman–Crippen LogP) is 3.04. The molecule has 6 nitrogen and oxygen atoms in total. The van der Waals surface area contributed by atoms with Crippen molar-refractivity contribution in [1.82, 2.24) is 5.32 Å². The molecule has 3 rings (SSSR count). The molecule has 0 radical (unpaired) electrons. The number of carbonyl (C=O) groups excluding carboxylic acids is 1. The van der Waals surface area contributed by atoms with Gasteiger partial charge in [0.2, 0.25) is 0 Å². The topological polar surface area (TPSA) is 89.2 Å². The highest BCUT2D eigenvalue weighted by Gasteiger charge is 2.56. The van der Waals surface area contributed by atoms with E-state index in [2.05, 4.69) is 10.3 Å². The van der Waals surface area contributed by atoms with Gasteiger partial charge in [0.15, 0.2) is 0 Å². The zero-order chi connectivity index (χ0) is 20.5. The summed E-state index contributed by atoms with van der Waals surface area (Å²) in [4.78, 5) is 16.4. The highest BCUT2D eigenvalue weighted by molar-refractivity contribution is 6.00. The number of nitrogens with zero attached hydrogens (tertiary/aromatic N) is 1. The molecule has 0 aromatic heterocycles. The van der Waals surface area contributed by atoms with Crippen LogP contribution in [0.3, 0.4) is 0 Å². The largest absolute Gasteiger partial charge is 0.444 e. The summed E-state index contributed by atoms with van der Waals surface area (Å²) in [7, 11) is 0. The lowest BCUT2D eigenvalue weighted by molar-refractivity contribution is -0.137. The van der Waals surface area contributed by atoms with Crippen molar-refractivity contribution in [3.8, 4) is 0 Å². The summed E-state index contributed by atoms with van der Waals surface area (Å²) in [5.41, 5.74) is 6.29. The Bertz CT molecular complexity index is 743. The van der Waals surface area contributed by atoms with Crippen molar-refractivity contribution in [3.05, 3.63) is 35.4 Å². The lowest BCUT2D eigenvalue weighted by atomic mass is 9.82. The van der Waals surface area contributed by atoms with Gasteiger partial charge < -0.3 is 20.5 Å². The second kappa shape index (κ2) is 7.71. The van der Waals surface area contributed by atoms with Crippen molar-refractivity contribution in [2.24, 2.45) is 10.7 Å². The molecule has 1 spiro atoms. The van der Waals surface area contributed by atoms with Crippen LogP contribution in [0.5, 0.6) is 0 Å². The Morgan fingerprint density at radius 2 is 2.04 bits per heavy atom. The minimum atomic E-state index is -4.37. The van der Waals surface area contributed by atoms with E-state index in [-0.39, 0.29) is 12.6 Å². The molecule has 3 atom stereocenters. The Labute approximate surface area is 161 Å². The Morgan fingerprint density at radius 1 is 1.39 bits per heavy atom. The minimum Gasteiger partial charge on any atom is -0.444 e. The molecular formula is C19H24F3N3O3. The molecule has 1 aliphatic heterocycles. The van der Waals surface area contributed by atoms with Gasteiger partial charge in [-0.05, 0) is 44.4 Å². The molecule has 28 heavy (non-hydrogen) atoms. The fraction of sp³-hybridized carbons (Fsp3) is 0.579. The monoisotopic (exact) mass is 399 g/mol. The molecule has 1 aliphatic carbocycles. The molecule has 0 bridgehead atoms. The summed E-state index contributed by atoms with van der Waals surface area (Å²) < 4.78 is 49.0. The summed E-state index contributed by atoms with van der Waals surface area (Å²) in [6, 6.07) is 4.17. The molecule has 2 fully saturated rings. The van der Waals surface area contributed by atoms with Gasteiger partial charge in [-0.25, -0.2) is 4.79 Å². The number of hydrogen-bond acceptors (Lipinski definition) is 5. The zero-order valence-electron chi connectivity index (χ0n) is 15.8. The van der Waals surface area contributed by atoms with E-state index >= 15 is 0 Å². The number of alkyl halides is 3. The summed E-state index contributed by atoms with van der Waals surface area (Å²) >= 11 is 0. The third-order valence-corrected chi connectivity index (χ3v) is 4.89. The van der Waals surface area contributed by atoms with Crippen LogP contribution in [0.2, 0.25) is 0 Å². The van der Waals surface area contributed by atoms with Gasteiger partial charge in [-0.2, -0.15) is 13.2 Å². The average molecular weight is 399 g/mol. The lowest BCUT2D eigenvalue weighted by Crippen LogP contribution is -2.55. The van der Waals surface area contributed by atoms with Crippen molar-refractivity contribution in [2.75, 3.05) is 6.61 Å². The maximum Gasteiger partial charge on any atom is 0.416 e. The third-order valence-electron chi connectivity index (χ3n) is 4.89. The molecule has 3 N–H and O–H groups in total. The predicted molar refractivity (Wildman–Crippen MR) is 97.0 cm³/mol. The molecule has 3 unspecified atom stereocenters. The van der Waals surface area contributed by atoms with Gasteiger partial charge in [0.1, 0.15) is 11.7 Å². The van der Waals surface area contributed by atoms with Crippen molar-refractivity contribution >= 4 is 11.8 Å². The summed E-state index contributed by atoms with van der Waals surface area (Å²) in [5.74, 6) is 0. The van der Waals surface area contributed by atoms with Crippen LogP contribution in [-0.4, -0.2) is 42.2 Å². The Balaban J connectivity index is 1.70. The maximum absolute atomic E-state index is 12.7. The highest BCUT2D eigenvalue weighted by atomic mass is 19.4. The van der Waals surface area contributed by atoms with Crippen LogP contribution in [0, 0.1) is 0 Å². The van der Waals surface area contributed by atoms with E-state index in [0.717, 1.165) is 12.1 Å². The smallest absolute Gasteiger partial charge is 0.416 e. The standard InChI is InChI=1S/C19H24F3N3O3/c1-11(2)25-17(26)28-14-7-8-18(10-27-18)16(15(14)23)24-9-12-3-5-13(6-4-12)19(20,21)22/h3-6,11,14-15H,7-10,23H2,1-2H3,(H,25,26). The number of carbonyl (C=O) groups is 1. The number of alkyl carbamates (subject to hydrolysis) is 1. The molecule has 2 aliphatic rings. The highest BCUT2D eigenvalue weighted by Crippen LogP contribution is 2.40. The fourth-order valence-corrected chi connectivity index (χ4v) is 3.31. The van der Waals surface area contributed by atoms with Gasteiger partial charge in [-0.15, -0.1) is 0 Å². The van der Waals surface area contributed by atoms with Gasteiger partial charge in [-0.3, -0.25) is 4.99 Å². The first-order chi connectivity index (χ1) is 13.1. The number of halogens is 3. The Hall–Kier alpha value is -2.13. The molecule has 154 valence electrons. The van der Waals surface area contributed by atoms with Crippen molar-refractivity contribution in [3.63, 3.8) is 0 Å². The minimum absolute atomic E-state index is 0.0572. The number of ether oxygens (including phenoxy) is 2. The summed E-state index contributed by atoms with van der Waals surface area (Å²) in [6.45, 7) is 4.33. The van der Waals surface area contributed by atoms with Crippen LogP contribution in [0.1, 0.15) is 37.8 Å². The summed E-state index contributed by atoms with van der Waals surface area (Å²) in [6.07, 6.45) is -4.24. The van der Waals surface area contributed by atoms with Crippen LogP contribution in [0.15, 0.2) is 29.3 Å². The molecule has 1 amide bonds. The number of amides is 1. The fourth-order valence-electron chi connectivity index (χ4n) is 3.31. The van der Waals surface area contributed by atoms with Crippen LogP contribution in [0.25, 0.3) is 0 Å². The van der Waals surface area contributed by atoms with Crippen LogP contribution in [0.4, 0.5) is 18.0 Å². The normalized spacial score (nSPS) is 28.6. The lowest BCUT2D eigenvalue weighted by Gasteiger charge is -2.33. The number of nitrogens with two attached hydrogens (primary N) is 1. The quantitative estimate of drug-likeness (QED) is 0.762. The zero-order valence-corrected chi connectivity index (χ0v) is 15.8. The van der Waals surface area contributed by atoms with E-state index in [1.54, 1.807) is 0 Å². The van der Waals surface area contributed by atoms with Gasteiger partial charge in [0.05, 0.1) is 30.5 Å². The van der Waals surface area contributed by atoms with Gasteiger partial charge in [-0.1, -0.05) is 12.1 Å². The second-order valence-corrected chi connectivity index (χ2v) is 7.49. The first-order valence-corrected chi connectivity index (χ1v) is 9.18.